The van der Waals surface area contributed by atoms with E-state index in [4.69, 9.17) is 9.84 Å². The highest BCUT2D eigenvalue weighted by Gasteiger charge is 2.14. The molecule has 0 unspecified atom stereocenters. The molecule has 0 radical (unpaired) electrons. The van der Waals surface area contributed by atoms with E-state index in [-0.39, 0.29) is 22.7 Å². The van der Waals surface area contributed by atoms with Crippen LogP contribution in [0.4, 0.5) is 5.69 Å². The van der Waals surface area contributed by atoms with Crippen LogP contribution >= 0.6 is 15.9 Å². The van der Waals surface area contributed by atoms with Gasteiger partial charge in [-0.2, -0.15) is 0 Å². The van der Waals surface area contributed by atoms with Crippen LogP contribution in [0.15, 0.2) is 40.9 Å². The molecule has 0 aliphatic carbocycles. The summed E-state index contributed by atoms with van der Waals surface area (Å²) in [6.45, 7) is 1.63. The molecule has 7 heteroatoms. The number of nitrogens with zero attached hydrogens (tertiary/aromatic N) is 1. The summed E-state index contributed by atoms with van der Waals surface area (Å²) in [4.78, 5) is 21.3. The molecule has 0 spiro atoms. The number of benzene rings is 2. The van der Waals surface area contributed by atoms with Crippen molar-refractivity contribution in [2.24, 2.45) is 0 Å². The maximum atomic E-state index is 10.9. The number of nitro groups is 1. The lowest BCUT2D eigenvalue weighted by atomic mass is 10.2. The molecule has 0 aliphatic rings. The molecule has 1 N–H and O–H groups in total. The number of aromatic carboxylic acids is 1. The van der Waals surface area contributed by atoms with Gasteiger partial charge in [-0.05, 0) is 53.2 Å². The molecule has 0 aromatic heterocycles. The zero-order chi connectivity index (χ0) is 15.6. The van der Waals surface area contributed by atoms with Crippen molar-refractivity contribution in [1.82, 2.24) is 0 Å². The van der Waals surface area contributed by atoms with E-state index < -0.39 is 10.9 Å². The number of carbonyl (C=O) groups is 1. The number of rotatable bonds is 4. The van der Waals surface area contributed by atoms with Gasteiger partial charge in [-0.15, -0.1) is 0 Å². The van der Waals surface area contributed by atoms with Gasteiger partial charge in [0, 0.05) is 5.56 Å². The average Bonchev–Trinajstić information content (AvgIpc) is 2.42. The summed E-state index contributed by atoms with van der Waals surface area (Å²) < 4.78 is 6.08. The smallest absolute Gasteiger partial charge is 0.335 e. The van der Waals surface area contributed by atoms with Crippen molar-refractivity contribution < 1.29 is 19.6 Å². The standard InChI is InChI=1S/C14H10BrNO5/c1-8-2-4-10(7-12(8)16(19)20)21-13-6-9(14(17)18)3-5-11(13)15/h2-7H,1H3,(H,17,18). The fraction of sp³-hybridized carbons (Fsp3) is 0.0714. The topological polar surface area (TPSA) is 89.7 Å². The van der Waals surface area contributed by atoms with Crippen LogP contribution in [0.3, 0.4) is 0 Å². The normalized spacial score (nSPS) is 10.2. The Morgan fingerprint density at radius 2 is 2.00 bits per heavy atom. The SMILES string of the molecule is Cc1ccc(Oc2cc(C(=O)O)ccc2Br)cc1[N+](=O)[O-]. The van der Waals surface area contributed by atoms with Gasteiger partial charge < -0.3 is 9.84 Å². The minimum atomic E-state index is -1.08. The summed E-state index contributed by atoms with van der Waals surface area (Å²) in [5.74, 6) is -0.550. The second-order valence-electron chi connectivity index (χ2n) is 4.26. The summed E-state index contributed by atoms with van der Waals surface area (Å²) in [5, 5.41) is 19.9. The van der Waals surface area contributed by atoms with Crippen LogP contribution in [0.25, 0.3) is 0 Å². The van der Waals surface area contributed by atoms with E-state index in [0.29, 0.717) is 10.0 Å². The van der Waals surface area contributed by atoms with E-state index >= 15 is 0 Å². The van der Waals surface area contributed by atoms with E-state index in [2.05, 4.69) is 15.9 Å². The van der Waals surface area contributed by atoms with Gasteiger partial charge in [0.2, 0.25) is 0 Å². The van der Waals surface area contributed by atoms with Gasteiger partial charge in [-0.3, -0.25) is 10.1 Å². The van der Waals surface area contributed by atoms with E-state index in [1.807, 2.05) is 0 Å². The first kappa shape index (κ1) is 15.0. The van der Waals surface area contributed by atoms with Crippen molar-refractivity contribution in [1.29, 1.82) is 0 Å². The summed E-state index contributed by atoms with van der Waals surface area (Å²) in [6, 6.07) is 8.77. The number of carboxylic acids is 1. The molecule has 2 rings (SSSR count). The van der Waals surface area contributed by atoms with Crippen molar-refractivity contribution in [2.75, 3.05) is 0 Å². The maximum Gasteiger partial charge on any atom is 0.335 e. The Labute approximate surface area is 128 Å². The van der Waals surface area contributed by atoms with Crippen LogP contribution < -0.4 is 4.74 Å². The van der Waals surface area contributed by atoms with Crippen LogP contribution in [0.2, 0.25) is 0 Å². The highest BCUT2D eigenvalue weighted by Crippen LogP contribution is 2.33. The molecule has 0 amide bonds. The second-order valence-corrected chi connectivity index (χ2v) is 5.11. The van der Waals surface area contributed by atoms with Crippen LogP contribution in [-0.4, -0.2) is 16.0 Å². The van der Waals surface area contributed by atoms with Crippen LogP contribution in [0.5, 0.6) is 11.5 Å². The Bertz CT molecular complexity index is 729. The number of nitro benzene ring substituents is 1. The van der Waals surface area contributed by atoms with Crippen LogP contribution in [0, 0.1) is 17.0 Å². The second kappa shape index (κ2) is 5.92. The first-order valence-corrected chi connectivity index (χ1v) is 6.63. The molecule has 0 atom stereocenters. The van der Waals surface area contributed by atoms with Crippen molar-refractivity contribution >= 4 is 27.6 Å². The van der Waals surface area contributed by atoms with Gasteiger partial charge in [0.1, 0.15) is 11.5 Å². The largest absolute Gasteiger partial charge is 0.478 e. The predicted octanol–water partition coefficient (Wildman–Crippen LogP) is 4.16. The third-order valence-corrected chi connectivity index (χ3v) is 3.44. The van der Waals surface area contributed by atoms with Gasteiger partial charge in [0.25, 0.3) is 5.69 Å². The quantitative estimate of drug-likeness (QED) is 0.659. The summed E-state index contributed by atoms with van der Waals surface area (Å²) in [6.07, 6.45) is 0. The Morgan fingerprint density at radius 1 is 1.29 bits per heavy atom. The summed E-state index contributed by atoms with van der Waals surface area (Å²) in [7, 11) is 0. The van der Waals surface area contributed by atoms with Crippen molar-refractivity contribution in [2.45, 2.75) is 6.92 Å². The first-order chi connectivity index (χ1) is 9.88. The number of carboxylic acid groups (broad SMARTS) is 1. The molecule has 21 heavy (non-hydrogen) atoms. The fourth-order valence-corrected chi connectivity index (χ4v) is 2.02. The third kappa shape index (κ3) is 3.38. The van der Waals surface area contributed by atoms with E-state index in [0.717, 1.165) is 0 Å². The number of hydrogen-bond acceptors (Lipinski definition) is 4. The molecule has 0 saturated carbocycles. The Balaban J connectivity index is 2.38. The lowest BCUT2D eigenvalue weighted by Crippen LogP contribution is -1.97. The lowest BCUT2D eigenvalue weighted by molar-refractivity contribution is -0.385. The molecule has 0 heterocycles. The fourth-order valence-electron chi connectivity index (χ4n) is 1.69. The summed E-state index contributed by atoms with van der Waals surface area (Å²) in [5.41, 5.74) is 0.526. The molecule has 108 valence electrons. The van der Waals surface area contributed by atoms with Gasteiger partial charge in [-0.25, -0.2) is 4.79 Å². The van der Waals surface area contributed by atoms with Gasteiger partial charge in [0.15, 0.2) is 0 Å². The monoisotopic (exact) mass is 351 g/mol. The van der Waals surface area contributed by atoms with Gasteiger partial charge in [-0.1, -0.05) is 0 Å². The van der Waals surface area contributed by atoms with Crippen molar-refractivity contribution in [3.05, 3.63) is 62.1 Å². The molecular formula is C14H10BrNO5. The molecule has 2 aromatic rings. The molecule has 2 aromatic carbocycles. The number of ether oxygens (including phenoxy) is 1. The first-order valence-electron chi connectivity index (χ1n) is 5.84. The zero-order valence-electron chi connectivity index (χ0n) is 10.9. The Morgan fingerprint density at radius 3 is 2.62 bits per heavy atom. The summed E-state index contributed by atoms with van der Waals surface area (Å²) >= 11 is 3.25. The molecule has 0 bridgehead atoms. The number of aryl methyl sites for hydroxylation is 1. The van der Waals surface area contributed by atoms with E-state index in [1.165, 1.54) is 18.2 Å². The van der Waals surface area contributed by atoms with Gasteiger partial charge in [0.05, 0.1) is 21.0 Å². The van der Waals surface area contributed by atoms with Crippen molar-refractivity contribution in [3.63, 3.8) is 0 Å². The minimum absolute atomic E-state index is 0.0574. The van der Waals surface area contributed by atoms with Crippen molar-refractivity contribution in [3.8, 4) is 11.5 Å². The molecular weight excluding hydrogens is 342 g/mol. The van der Waals surface area contributed by atoms with E-state index in [9.17, 15) is 14.9 Å². The molecule has 6 nitrogen and oxygen atoms in total. The predicted molar refractivity (Wildman–Crippen MR) is 79.0 cm³/mol. The minimum Gasteiger partial charge on any atom is -0.478 e. The maximum absolute atomic E-state index is 10.9. The lowest BCUT2D eigenvalue weighted by Gasteiger charge is -2.09. The third-order valence-electron chi connectivity index (χ3n) is 2.78. The van der Waals surface area contributed by atoms with E-state index in [1.54, 1.807) is 25.1 Å². The highest BCUT2D eigenvalue weighted by atomic mass is 79.9. The van der Waals surface area contributed by atoms with Gasteiger partial charge >= 0.3 is 5.97 Å². The highest BCUT2D eigenvalue weighted by molar-refractivity contribution is 9.10. The Kier molecular flexibility index (Phi) is 4.23. The zero-order valence-corrected chi connectivity index (χ0v) is 12.5. The average molecular weight is 352 g/mol. The van der Waals surface area contributed by atoms with Crippen LogP contribution in [-0.2, 0) is 0 Å². The Hall–Kier alpha value is -2.41. The molecule has 0 saturated heterocycles. The number of halogens is 1. The number of hydrogen-bond donors (Lipinski definition) is 1. The van der Waals surface area contributed by atoms with Crippen LogP contribution in [0.1, 0.15) is 15.9 Å². The molecule has 0 fully saturated rings. The molecule has 0 aliphatic heterocycles.